The number of esters is 1. The fraction of sp³-hybridized carbons (Fsp3) is 0.125. The molecule has 1 amide bonds. The van der Waals surface area contributed by atoms with E-state index in [4.69, 9.17) is 27.9 Å². The number of hydrogen-bond acceptors (Lipinski definition) is 3. The van der Waals surface area contributed by atoms with Gasteiger partial charge in [-0.15, -0.1) is 0 Å². The summed E-state index contributed by atoms with van der Waals surface area (Å²) in [5, 5.41) is 3.71. The average molecular weight is 336 g/mol. The van der Waals surface area contributed by atoms with E-state index in [-0.39, 0.29) is 6.42 Å². The molecular weight excluding hydrogens is 325 g/mol. The highest BCUT2D eigenvalue weighted by Gasteiger charge is 2.31. The highest BCUT2D eigenvalue weighted by molar-refractivity contribution is 6.31. The lowest BCUT2D eigenvalue weighted by Gasteiger charge is -2.24. The molecule has 0 saturated heterocycles. The number of ether oxygens (including phenoxy) is 1. The molecule has 1 unspecified atom stereocenters. The fourth-order valence-electron chi connectivity index (χ4n) is 2.30. The van der Waals surface area contributed by atoms with Gasteiger partial charge in [0, 0.05) is 22.2 Å². The van der Waals surface area contributed by atoms with E-state index in [9.17, 15) is 9.59 Å². The van der Waals surface area contributed by atoms with E-state index in [1.165, 1.54) is 0 Å². The van der Waals surface area contributed by atoms with Crippen LogP contribution in [0.2, 0.25) is 10.0 Å². The largest absolute Gasteiger partial charge is 0.448 e. The van der Waals surface area contributed by atoms with Crippen LogP contribution in [-0.2, 0) is 16.0 Å². The Bertz CT molecular complexity index is 761. The monoisotopic (exact) mass is 335 g/mol. The van der Waals surface area contributed by atoms with Crippen LogP contribution in [0.1, 0.15) is 15.9 Å². The minimum absolute atomic E-state index is 0.286. The van der Waals surface area contributed by atoms with E-state index in [0.29, 0.717) is 26.9 Å². The van der Waals surface area contributed by atoms with Gasteiger partial charge in [-0.3, -0.25) is 4.79 Å². The van der Waals surface area contributed by atoms with Crippen LogP contribution >= 0.6 is 23.2 Å². The Morgan fingerprint density at radius 3 is 2.68 bits per heavy atom. The third-order valence-electron chi connectivity index (χ3n) is 3.33. The summed E-state index contributed by atoms with van der Waals surface area (Å²) in [6, 6.07) is 11.7. The molecule has 0 bridgehead atoms. The summed E-state index contributed by atoms with van der Waals surface area (Å²) >= 11 is 11.8. The number of anilines is 1. The molecule has 0 aliphatic carbocycles. The molecule has 0 saturated carbocycles. The summed E-state index contributed by atoms with van der Waals surface area (Å²) in [5.74, 6) is -0.926. The maximum Gasteiger partial charge on any atom is 0.339 e. The van der Waals surface area contributed by atoms with Crippen molar-refractivity contribution in [2.75, 3.05) is 5.32 Å². The number of hydrogen-bond donors (Lipinski definition) is 1. The standard InChI is InChI=1S/C16H11Cl2NO3/c17-10-2-1-3-12(8-10)19-15(20)14-7-9-6-11(18)4-5-13(9)16(21)22-14/h1-6,8,14H,7H2,(H,19,20). The van der Waals surface area contributed by atoms with E-state index >= 15 is 0 Å². The molecule has 3 rings (SSSR count). The quantitative estimate of drug-likeness (QED) is 0.851. The first-order valence-corrected chi connectivity index (χ1v) is 7.34. The van der Waals surface area contributed by atoms with Crippen molar-refractivity contribution in [1.82, 2.24) is 0 Å². The smallest absolute Gasteiger partial charge is 0.339 e. The van der Waals surface area contributed by atoms with Crippen LogP contribution in [-0.4, -0.2) is 18.0 Å². The zero-order valence-corrected chi connectivity index (χ0v) is 12.8. The molecule has 1 aliphatic heterocycles. The Balaban J connectivity index is 1.79. The first kappa shape index (κ1) is 14.9. The van der Waals surface area contributed by atoms with Crippen LogP contribution in [0.3, 0.4) is 0 Å². The molecule has 1 aliphatic rings. The van der Waals surface area contributed by atoms with Gasteiger partial charge in [-0.1, -0.05) is 29.3 Å². The molecule has 1 heterocycles. The van der Waals surface area contributed by atoms with Gasteiger partial charge in [-0.25, -0.2) is 4.79 Å². The number of benzene rings is 2. The molecule has 0 spiro atoms. The number of carbonyl (C=O) groups is 2. The first-order chi connectivity index (χ1) is 10.5. The van der Waals surface area contributed by atoms with Crippen LogP contribution in [0.5, 0.6) is 0 Å². The van der Waals surface area contributed by atoms with Crippen LogP contribution < -0.4 is 5.32 Å². The summed E-state index contributed by atoms with van der Waals surface area (Å²) in [4.78, 5) is 24.2. The number of cyclic esters (lactones) is 1. The van der Waals surface area contributed by atoms with Crippen molar-refractivity contribution < 1.29 is 14.3 Å². The van der Waals surface area contributed by atoms with E-state index in [1.54, 1.807) is 42.5 Å². The number of amides is 1. The van der Waals surface area contributed by atoms with Crippen LogP contribution in [0, 0.1) is 0 Å². The number of fused-ring (bicyclic) bond motifs is 1. The van der Waals surface area contributed by atoms with Crippen molar-refractivity contribution in [3.8, 4) is 0 Å². The van der Waals surface area contributed by atoms with Crippen LogP contribution in [0.25, 0.3) is 0 Å². The minimum atomic E-state index is -0.891. The lowest BCUT2D eigenvalue weighted by molar-refractivity contribution is -0.125. The molecule has 1 atom stereocenters. The van der Waals surface area contributed by atoms with Crippen LogP contribution in [0.4, 0.5) is 5.69 Å². The minimum Gasteiger partial charge on any atom is -0.448 e. The summed E-state index contributed by atoms with van der Waals surface area (Å²) in [7, 11) is 0. The Morgan fingerprint density at radius 1 is 1.14 bits per heavy atom. The molecule has 2 aromatic rings. The van der Waals surface area contributed by atoms with Gasteiger partial charge in [0.2, 0.25) is 0 Å². The first-order valence-electron chi connectivity index (χ1n) is 6.59. The van der Waals surface area contributed by atoms with Gasteiger partial charge < -0.3 is 10.1 Å². The summed E-state index contributed by atoms with van der Waals surface area (Å²) in [6.07, 6.45) is -0.606. The number of nitrogens with one attached hydrogen (secondary N) is 1. The Hall–Kier alpha value is -2.04. The zero-order chi connectivity index (χ0) is 15.7. The van der Waals surface area contributed by atoms with Crippen molar-refractivity contribution in [1.29, 1.82) is 0 Å². The van der Waals surface area contributed by atoms with Crippen molar-refractivity contribution in [2.45, 2.75) is 12.5 Å². The number of halogens is 2. The Morgan fingerprint density at radius 2 is 1.91 bits per heavy atom. The van der Waals surface area contributed by atoms with E-state index < -0.39 is 18.0 Å². The van der Waals surface area contributed by atoms with Gasteiger partial charge >= 0.3 is 5.97 Å². The van der Waals surface area contributed by atoms with Crippen molar-refractivity contribution in [2.24, 2.45) is 0 Å². The maximum atomic E-state index is 12.3. The molecular formula is C16H11Cl2NO3. The average Bonchev–Trinajstić information content (AvgIpc) is 2.46. The zero-order valence-electron chi connectivity index (χ0n) is 11.3. The summed E-state index contributed by atoms with van der Waals surface area (Å²) in [5.41, 5.74) is 1.69. The van der Waals surface area contributed by atoms with Gasteiger partial charge in [0.05, 0.1) is 5.56 Å². The highest BCUT2D eigenvalue weighted by Crippen LogP contribution is 2.25. The predicted molar refractivity (Wildman–Crippen MR) is 84.4 cm³/mol. The lowest BCUT2D eigenvalue weighted by Crippen LogP contribution is -2.38. The predicted octanol–water partition coefficient (Wildman–Crippen LogP) is 3.71. The number of carbonyl (C=O) groups excluding carboxylic acids is 2. The third-order valence-corrected chi connectivity index (χ3v) is 3.80. The van der Waals surface area contributed by atoms with Crippen molar-refractivity contribution in [3.05, 3.63) is 63.6 Å². The molecule has 112 valence electrons. The lowest BCUT2D eigenvalue weighted by atomic mass is 9.98. The topological polar surface area (TPSA) is 55.4 Å². The second kappa shape index (κ2) is 5.99. The molecule has 1 N–H and O–H groups in total. The number of rotatable bonds is 2. The fourth-order valence-corrected chi connectivity index (χ4v) is 2.68. The van der Waals surface area contributed by atoms with Crippen molar-refractivity contribution >= 4 is 40.8 Å². The maximum absolute atomic E-state index is 12.3. The van der Waals surface area contributed by atoms with Gasteiger partial charge in [-0.2, -0.15) is 0 Å². The van der Waals surface area contributed by atoms with Gasteiger partial charge in [0.1, 0.15) is 0 Å². The van der Waals surface area contributed by atoms with E-state index in [0.717, 1.165) is 0 Å². The van der Waals surface area contributed by atoms with Gasteiger partial charge in [-0.05, 0) is 42.0 Å². The molecule has 0 fully saturated rings. The molecule has 0 radical (unpaired) electrons. The van der Waals surface area contributed by atoms with E-state index in [1.807, 2.05) is 0 Å². The second-order valence-corrected chi connectivity index (χ2v) is 5.77. The molecule has 2 aromatic carbocycles. The molecule has 4 nitrogen and oxygen atoms in total. The second-order valence-electron chi connectivity index (χ2n) is 4.90. The Kier molecular flexibility index (Phi) is 4.05. The van der Waals surface area contributed by atoms with Crippen molar-refractivity contribution in [3.63, 3.8) is 0 Å². The van der Waals surface area contributed by atoms with Crippen LogP contribution in [0.15, 0.2) is 42.5 Å². The molecule has 6 heteroatoms. The molecule has 0 aromatic heterocycles. The molecule has 22 heavy (non-hydrogen) atoms. The van der Waals surface area contributed by atoms with Gasteiger partial charge in [0.25, 0.3) is 5.91 Å². The normalized spacial score (nSPS) is 16.6. The SMILES string of the molecule is O=C1OC(C(=O)Nc2cccc(Cl)c2)Cc2cc(Cl)ccc21. The summed E-state index contributed by atoms with van der Waals surface area (Å²) < 4.78 is 5.19. The van der Waals surface area contributed by atoms with E-state index in [2.05, 4.69) is 5.32 Å². The highest BCUT2D eigenvalue weighted by atomic mass is 35.5. The third kappa shape index (κ3) is 3.08. The van der Waals surface area contributed by atoms with Gasteiger partial charge in [0.15, 0.2) is 6.10 Å². The summed E-state index contributed by atoms with van der Waals surface area (Å²) in [6.45, 7) is 0. The Labute approximate surface area is 137 Å².